The van der Waals surface area contributed by atoms with Crippen molar-refractivity contribution >= 4 is 40.3 Å². The number of carbonyl (C=O) groups excluding carboxylic acids is 1. The van der Waals surface area contributed by atoms with Gasteiger partial charge in [-0.3, -0.25) is 9.36 Å². The van der Waals surface area contributed by atoms with E-state index >= 15 is 0 Å². The number of nitrogens with zero attached hydrogens (tertiary/aromatic N) is 3. The Morgan fingerprint density at radius 1 is 1.12 bits per heavy atom. The number of amides is 1. The minimum atomic E-state index is -0.0880. The third-order valence-corrected chi connectivity index (χ3v) is 6.98. The summed E-state index contributed by atoms with van der Waals surface area (Å²) in [7, 11) is 0. The highest BCUT2D eigenvalue weighted by Crippen LogP contribution is 2.28. The number of thioether (sulfide) groups is 1. The van der Waals surface area contributed by atoms with Crippen molar-refractivity contribution in [1.82, 2.24) is 24.8 Å². The van der Waals surface area contributed by atoms with Crippen LogP contribution in [0, 0.1) is 0 Å². The fourth-order valence-corrected chi connectivity index (χ4v) is 5.14. The Kier molecular flexibility index (Phi) is 6.19. The molecule has 32 heavy (non-hydrogen) atoms. The van der Waals surface area contributed by atoms with Crippen molar-refractivity contribution in [2.45, 2.75) is 49.1 Å². The smallest absolute Gasteiger partial charge is 0.270 e. The van der Waals surface area contributed by atoms with Gasteiger partial charge in [0, 0.05) is 16.8 Å². The summed E-state index contributed by atoms with van der Waals surface area (Å²) in [6, 6.07) is 15.7. The Morgan fingerprint density at radius 2 is 1.91 bits per heavy atom. The standard InChI is InChI=1S/C24H24ClN5OS/c25-16-10-12-18(13-11-16)30-21(23(31)27-17-6-2-1-3-7-17)14-26-24(30)32-15-22-28-19-8-4-5-9-20(19)29-22/h4-5,8-14,17H,1-3,6-7,15H2,(H,27,31)(H,28,29). The average molecular weight is 466 g/mol. The summed E-state index contributed by atoms with van der Waals surface area (Å²) in [6.45, 7) is 0. The van der Waals surface area contributed by atoms with Crippen molar-refractivity contribution in [3.63, 3.8) is 0 Å². The molecule has 8 heteroatoms. The Labute approximate surface area is 195 Å². The number of para-hydroxylation sites is 2. The number of nitrogens with one attached hydrogen (secondary N) is 2. The van der Waals surface area contributed by atoms with Gasteiger partial charge in [0.1, 0.15) is 11.5 Å². The fraction of sp³-hybridized carbons (Fsp3) is 0.292. The van der Waals surface area contributed by atoms with Crippen LogP contribution in [0.25, 0.3) is 16.7 Å². The lowest BCUT2D eigenvalue weighted by atomic mass is 9.95. The molecule has 1 fully saturated rings. The molecule has 0 saturated heterocycles. The fourth-order valence-electron chi connectivity index (χ4n) is 4.15. The third kappa shape index (κ3) is 4.54. The summed E-state index contributed by atoms with van der Waals surface area (Å²) in [4.78, 5) is 25.7. The first-order valence-electron chi connectivity index (χ1n) is 10.9. The van der Waals surface area contributed by atoms with Gasteiger partial charge in [0.25, 0.3) is 5.91 Å². The van der Waals surface area contributed by atoms with Crippen LogP contribution >= 0.6 is 23.4 Å². The molecular weight excluding hydrogens is 442 g/mol. The van der Waals surface area contributed by atoms with Crippen molar-refractivity contribution in [3.05, 3.63) is 71.3 Å². The van der Waals surface area contributed by atoms with Crippen molar-refractivity contribution in [1.29, 1.82) is 0 Å². The van der Waals surface area contributed by atoms with E-state index in [0.717, 1.165) is 40.5 Å². The van der Waals surface area contributed by atoms with Crippen LogP contribution in [0.4, 0.5) is 0 Å². The van der Waals surface area contributed by atoms with Crippen LogP contribution in [0.1, 0.15) is 48.4 Å². The quantitative estimate of drug-likeness (QED) is 0.355. The molecule has 0 unspecified atom stereocenters. The van der Waals surface area contributed by atoms with Crippen LogP contribution in [-0.2, 0) is 5.75 Å². The highest BCUT2D eigenvalue weighted by molar-refractivity contribution is 7.98. The van der Waals surface area contributed by atoms with Gasteiger partial charge in [-0.15, -0.1) is 0 Å². The van der Waals surface area contributed by atoms with Crippen molar-refractivity contribution in [3.8, 4) is 5.69 Å². The summed E-state index contributed by atoms with van der Waals surface area (Å²) < 4.78 is 1.90. The zero-order valence-corrected chi connectivity index (χ0v) is 19.1. The van der Waals surface area contributed by atoms with E-state index in [9.17, 15) is 4.79 Å². The van der Waals surface area contributed by atoms with Crippen molar-refractivity contribution in [2.24, 2.45) is 0 Å². The van der Waals surface area contributed by atoms with E-state index in [-0.39, 0.29) is 11.9 Å². The molecule has 164 valence electrons. The number of fused-ring (bicyclic) bond motifs is 1. The van der Waals surface area contributed by atoms with Crippen LogP contribution in [0.3, 0.4) is 0 Å². The first kappa shape index (κ1) is 21.1. The van der Waals surface area contributed by atoms with Crippen LogP contribution < -0.4 is 5.32 Å². The van der Waals surface area contributed by atoms with E-state index in [1.807, 2.05) is 53.1 Å². The topological polar surface area (TPSA) is 75.6 Å². The van der Waals surface area contributed by atoms with Gasteiger partial charge in [0.05, 0.1) is 23.0 Å². The monoisotopic (exact) mass is 465 g/mol. The summed E-state index contributed by atoms with van der Waals surface area (Å²) in [5.74, 6) is 1.40. The first-order chi connectivity index (χ1) is 15.7. The molecule has 0 atom stereocenters. The second kappa shape index (κ2) is 9.38. The number of imidazole rings is 2. The maximum atomic E-state index is 13.2. The normalized spacial score (nSPS) is 14.7. The molecule has 5 rings (SSSR count). The number of aromatic amines is 1. The molecule has 2 N–H and O–H groups in total. The van der Waals surface area contributed by atoms with Gasteiger partial charge < -0.3 is 10.3 Å². The maximum absolute atomic E-state index is 13.2. The van der Waals surface area contributed by atoms with Gasteiger partial charge in [0.2, 0.25) is 0 Å². The number of hydrogen-bond acceptors (Lipinski definition) is 4. The van der Waals surface area contributed by atoms with E-state index in [2.05, 4.69) is 20.3 Å². The van der Waals surface area contributed by atoms with Gasteiger partial charge in [-0.05, 0) is 49.2 Å². The molecule has 0 bridgehead atoms. The van der Waals surface area contributed by atoms with Crippen LogP contribution in [0.5, 0.6) is 0 Å². The Bertz CT molecular complexity index is 1190. The first-order valence-corrected chi connectivity index (χ1v) is 12.2. The predicted molar refractivity (Wildman–Crippen MR) is 129 cm³/mol. The summed E-state index contributed by atoms with van der Waals surface area (Å²) in [5, 5.41) is 4.60. The summed E-state index contributed by atoms with van der Waals surface area (Å²) in [5.41, 5.74) is 3.34. The summed E-state index contributed by atoms with van der Waals surface area (Å²) >= 11 is 7.65. The minimum Gasteiger partial charge on any atom is -0.348 e. The molecular formula is C24H24ClN5OS. The highest BCUT2D eigenvalue weighted by atomic mass is 35.5. The largest absolute Gasteiger partial charge is 0.348 e. The number of carbonyl (C=O) groups is 1. The van der Waals surface area contributed by atoms with Gasteiger partial charge >= 0.3 is 0 Å². The zero-order valence-electron chi connectivity index (χ0n) is 17.6. The molecule has 0 radical (unpaired) electrons. The lowest BCUT2D eigenvalue weighted by Crippen LogP contribution is -2.37. The minimum absolute atomic E-state index is 0.0880. The van der Waals surface area contributed by atoms with E-state index in [1.165, 1.54) is 19.3 Å². The molecule has 0 spiro atoms. The van der Waals surface area contributed by atoms with Crippen LogP contribution in [0.2, 0.25) is 5.02 Å². The van der Waals surface area contributed by atoms with Gasteiger partial charge in [-0.2, -0.15) is 0 Å². The van der Waals surface area contributed by atoms with E-state index in [4.69, 9.17) is 11.6 Å². The van der Waals surface area contributed by atoms with Gasteiger partial charge in [-0.1, -0.05) is 54.8 Å². The molecule has 1 saturated carbocycles. The van der Waals surface area contributed by atoms with Crippen molar-refractivity contribution in [2.75, 3.05) is 0 Å². The molecule has 2 heterocycles. The molecule has 1 amide bonds. The summed E-state index contributed by atoms with van der Waals surface area (Å²) in [6.07, 6.45) is 7.31. The number of H-pyrrole nitrogens is 1. The number of benzene rings is 2. The molecule has 0 aliphatic heterocycles. The highest BCUT2D eigenvalue weighted by Gasteiger charge is 2.22. The molecule has 1 aliphatic rings. The zero-order chi connectivity index (χ0) is 21.9. The molecule has 1 aliphatic carbocycles. The SMILES string of the molecule is O=C(NC1CCCCC1)c1cnc(SCc2nc3ccccc3[nH]2)n1-c1ccc(Cl)cc1. The third-order valence-electron chi connectivity index (χ3n) is 5.76. The van der Waals surface area contributed by atoms with Gasteiger partial charge in [0.15, 0.2) is 5.16 Å². The maximum Gasteiger partial charge on any atom is 0.270 e. The second-order valence-electron chi connectivity index (χ2n) is 8.04. The van der Waals surface area contributed by atoms with E-state index in [0.29, 0.717) is 16.5 Å². The Balaban J connectivity index is 1.42. The number of aromatic nitrogens is 4. The van der Waals surface area contributed by atoms with Crippen LogP contribution in [0.15, 0.2) is 59.9 Å². The predicted octanol–water partition coefficient (Wildman–Crippen LogP) is 5.76. The van der Waals surface area contributed by atoms with Crippen molar-refractivity contribution < 1.29 is 4.79 Å². The van der Waals surface area contributed by atoms with Gasteiger partial charge in [-0.25, -0.2) is 9.97 Å². The Morgan fingerprint density at radius 3 is 2.69 bits per heavy atom. The lowest BCUT2D eigenvalue weighted by Gasteiger charge is -2.23. The molecule has 2 aromatic carbocycles. The van der Waals surface area contributed by atoms with E-state index < -0.39 is 0 Å². The number of halogens is 1. The number of rotatable bonds is 6. The second-order valence-corrected chi connectivity index (χ2v) is 9.41. The van der Waals surface area contributed by atoms with E-state index in [1.54, 1.807) is 18.0 Å². The Hall–Kier alpha value is -2.77. The molecule has 6 nitrogen and oxygen atoms in total. The molecule has 2 aromatic heterocycles. The lowest BCUT2D eigenvalue weighted by molar-refractivity contribution is 0.0920. The van der Waals surface area contributed by atoms with Crippen LogP contribution in [-0.4, -0.2) is 31.5 Å². The average Bonchev–Trinajstić information content (AvgIpc) is 3.43. The number of hydrogen-bond donors (Lipinski definition) is 2. The molecule has 4 aromatic rings.